The molecule has 1 saturated heterocycles. The molecule has 5 heteroatoms. The number of thiol groups is 1. The Labute approximate surface area is 76.5 Å². The first-order valence-corrected chi connectivity index (χ1v) is 4.28. The Kier molecular flexibility index (Phi) is 2.62. The van der Waals surface area contributed by atoms with Crippen LogP contribution in [0.4, 0.5) is 0 Å². The molecule has 1 rings (SSSR count). The summed E-state index contributed by atoms with van der Waals surface area (Å²) in [6.45, 7) is 1.95. The van der Waals surface area contributed by atoms with Crippen molar-refractivity contribution in [2.24, 2.45) is 5.73 Å². The van der Waals surface area contributed by atoms with Gasteiger partial charge in [0.25, 0.3) is 0 Å². The Morgan fingerprint density at radius 3 is 2.50 bits per heavy atom. The van der Waals surface area contributed by atoms with Crippen molar-refractivity contribution in [3.05, 3.63) is 0 Å². The molecule has 0 aliphatic carbocycles. The molecular formula is C7H12N2O2S. The summed E-state index contributed by atoms with van der Waals surface area (Å²) in [4.78, 5) is 23.3. The molecule has 1 fully saturated rings. The van der Waals surface area contributed by atoms with E-state index in [0.29, 0.717) is 13.0 Å². The molecule has 1 aliphatic heterocycles. The minimum absolute atomic E-state index is 0.0754. The Hall–Kier alpha value is -0.710. The van der Waals surface area contributed by atoms with Crippen molar-refractivity contribution >= 4 is 24.4 Å². The molecule has 0 bridgehead atoms. The molecule has 0 aromatic rings. The molecule has 1 aliphatic rings. The normalized spacial score (nSPS) is 29.0. The smallest absolute Gasteiger partial charge is 0.240 e. The van der Waals surface area contributed by atoms with Crippen molar-refractivity contribution in [3.8, 4) is 0 Å². The quantitative estimate of drug-likeness (QED) is 0.539. The average Bonchev–Trinajstić information content (AvgIpc) is 2.31. The van der Waals surface area contributed by atoms with E-state index in [1.807, 2.05) is 0 Å². The van der Waals surface area contributed by atoms with Gasteiger partial charge in [-0.2, -0.15) is 12.6 Å². The molecule has 0 radical (unpaired) electrons. The second-order valence-electron chi connectivity index (χ2n) is 2.98. The molecule has 1 heterocycles. The highest BCUT2D eigenvalue weighted by molar-refractivity contribution is 7.81. The SMILES string of the molecule is CC(=O)N1CC(S)CC1C(N)=O. The molecule has 4 nitrogen and oxygen atoms in total. The second kappa shape index (κ2) is 3.35. The maximum absolute atomic E-state index is 11.0. The highest BCUT2D eigenvalue weighted by atomic mass is 32.1. The van der Waals surface area contributed by atoms with E-state index >= 15 is 0 Å². The number of likely N-dealkylation sites (tertiary alicyclic amines) is 1. The van der Waals surface area contributed by atoms with E-state index in [-0.39, 0.29) is 11.2 Å². The molecule has 0 aromatic carbocycles. The minimum Gasteiger partial charge on any atom is -0.368 e. The molecule has 0 spiro atoms. The third-order valence-corrected chi connectivity index (χ3v) is 2.39. The van der Waals surface area contributed by atoms with Crippen molar-refractivity contribution in [3.63, 3.8) is 0 Å². The van der Waals surface area contributed by atoms with Gasteiger partial charge in [-0.05, 0) is 6.42 Å². The fourth-order valence-electron chi connectivity index (χ4n) is 1.43. The Bertz CT molecular complexity index is 197. The number of hydrogen-bond donors (Lipinski definition) is 2. The van der Waals surface area contributed by atoms with Gasteiger partial charge in [-0.25, -0.2) is 0 Å². The minimum atomic E-state index is -0.454. The number of amides is 2. The number of carbonyl (C=O) groups excluding carboxylic acids is 2. The highest BCUT2D eigenvalue weighted by Crippen LogP contribution is 2.21. The average molecular weight is 188 g/mol. The summed E-state index contributed by atoms with van der Waals surface area (Å²) in [5.41, 5.74) is 5.12. The molecule has 2 unspecified atom stereocenters. The van der Waals surface area contributed by atoms with Crippen molar-refractivity contribution in [2.45, 2.75) is 24.6 Å². The summed E-state index contributed by atoms with van der Waals surface area (Å²) >= 11 is 4.20. The van der Waals surface area contributed by atoms with Crippen molar-refractivity contribution in [1.29, 1.82) is 0 Å². The standard InChI is InChI=1S/C7H12N2O2S/c1-4(10)9-3-5(12)2-6(9)7(8)11/h5-6,12H,2-3H2,1H3,(H2,8,11). The molecule has 68 valence electrons. The fraction of sp³-hybridized carbons (Fsp3) is 0.714. The summed E-state index contributed by atoms with van der Waals surface area (Å²) in [7, 11) is 0. The summed E-state index contributed by atoms with van der Waals surface area (Å²) in [5, 5.41) is 0.0754. The molecule has 2 N–H and O–H groups in total. The number of nitrogens with two attached hydrogens (primary N) is 1. The van der Waals surface area contributed by atoms with Gasteiger partial charge in [-0.15, -0.1) is 0 Å². The van der Waals surface area contributed by atoms with E-state index in [0.717, 1.165) is 0 Å². The zero-order valence-electron chi connectivity index (χ0n) is 6.86. The summed E-state index contributed by atoms with van der Waals surface area (Å²) in [6, 6.07) is -0.454. The van der Waals surface area contributed by atoms with Gasteiger partial charge in [0.1, 0.15) is 6.04 Å². The van der Waals surface area contributed by atoms with E-state index in [1.165, 1.54) is 11.8 Å². The van der Waals surface area contributed by atoms with Crippen LogP contribution in [0.2, 0.25) is 0 Å². The largest absolute Gasteiger partial charge is 0.368 e. The molecule has 0 saturated carbocycles. The maximum Gasteiger partial charge on any atom is 0.240 e. The van der Waals surface area contributed by atoms with Crippen LogP contribution >= 0.6 is 12.6 Å². The summed E-state index contributed by atoms with van der Waals surface area (Å²) < 4.78 is 0. The van der Waals surface area contributed by atoms with Crippen LogP contribution < -0.4 is 5.73 Å². The van der Waals surface area contributed by atoms with Crippen molar-refractivity contribution in [1.82, 2.24) is 4.90 Å². The molecular weight excluding hydrogens is 176 g/mol. The lowest BCUT2D eigenvalue weighted by Crippen LogP contribution is -2.42. The van der Waals surface area contributed by atoms with E-state index in [9.17, 15) is 9.59 Å². The van der Waals surface area contributed by atoms with Crippen LogP contribution in [-0.2, 0) is 9.59 Å². The Balaban J connectivity index is 2.72. The van der Waals surface area contributed by atoms with Crippen LogP contribution in [0.3, 0.4) is 0 Å². The molecule has 2 amide bonds. The number of nitrogens with zero attached hydrogens (tertiary/aromatic N) is 1. The van der Waals surface area contributed by atoms with Gasteiger partial charge >= 0.3 is 0 Å². The number of primary amides is 1. The first kappa shape index (κ1) is 9.38. The third-order valence-electron chi connectivity index (χ3n) is 2.01. The van der Waals surface area contributed by atoms with Crippen LogP contribution in [0, 0.1) is 0 Å². The van der Waals surface area contributed by atoms with Gasteiger partial charge in [-0.1, -0.05) is 0 Å². The first-order chi connectivity index (χ1) is 5.52. The highest BCUT2D eigenvalue weighted by Gasteiger charge is 2.35. The number of rotatable bonds is 1. The van der Waals surface area contributed by atoms with Crippen molar-refractivity contribution < 1.29 is 9.59 Å². The molecule has 0 aromatic heterocycles. The molecule has 12 heavy (non-hydrogen) atoms. The predicted octanol–water partition coefficient (Wildman–Crippen LogP) is -0.609. The van der Waals surface area contributed by atoms with Crippen LogP contribution in [0.1, 0.15) is 13.3 Å². The van der Waals surface area contributed by atoms with Gasteiger partial charge in [0.15, 0.2) is 0 Å². The van der Waals surface area contributed by atoms with E-state index < -0.39 is 11.9 Å². The summed E-state index contributed by atoms with van der Waals surface area (Å²) in [6.07, 6.45) is 0.567. The number of carbonyl (C=O) groups is 2. The lowest BCUT2D eigenvalue weighted by molar-refractivity contribution is -0.135. The zero-order valence-corrected chi connectivity index (χ0v) is 7.75. The third kappa shape index (κ3) is 1.72. The molecule has 2 atom stereocenters. The Morgan fingerprint density at radius 2 is 2.17 bits per heavy atom. The zero-order chi connectivity index (χ0) is 9.30. The maximum atomic E-state index is 11.0. The van der Waals surface area contributed by atoms with Crippen LogP contribution in [0.5, 0.6) is 0 Å². The Morgan fingerprint density at radius 1 is 1.58 bits per heavy atom. The van der Waals surface area contributed by atoms with Gasteiger partial charge in [0, 0.05) is 18.7 Å². The van der Waals surface area contributed by atoms with Gasteiger partial charge in [0.05, 0.1) is 0 Å². The first-order valence-electron chi connectivity index (χ1n) is 3.77. The van der Waals surface area contributed by atoms with Crippen LogP contribution in [-0.4, -0.2) is 34.6 Å². The van der Waals surface area contributed by atoms with Crippen molar-refractivity contribution in [2.75, 3.05) is 6.54 Å². The lowest BCUT2D eigenvalue weighted by Gasteiger charge is -2.19. The van der Waals surface area contributed by atoms with Gasteiger partial charge < -0.3 is 10.6 Å². The monoisotopic (exact) mass is 188 g/mol. The summed E-state index contributed by atoms with van der Waals surface area (Å²) in [5.74, 6) is -0.558. The topological polar surface area (TPSA) is 63.4 Å². The van der Waals surface area contributed by atoms with E-state index in [1.54, 1.807) is 0 Å². The van der Waals surface area contributed by atoms with Gasteiger partial charge in [0.2, 0.25) is 11.8 Å². The fourth-order valence-corrected chi connectivity index (χ4v) is 1.81. The predicted molar refractivity (Wildman–Crippen MR) is 47.8 cm³/mol. The van der Waals surface area contributed by atoms with Crippen LogP contribution in [0.15, 0.2) is 0 Å². The van der Waals surface area contributed by atoms with E-state index in [4.69, 9.17) is 5.73 Å². The van der Waals surface area contributed by atoms with Crippen LogP contribution in [0.25, 0.3) is 0 Å². The van der Waals surface area contributed by atoms with Gasteiger partial charge in [-0.3, -0.25) is 9.59 Å². The second-order valence-corrected chi connectivity index (χ2v) is 3.71. The lowest BCUT2D eigenvalue weighted by atomic mass is 10.2. The van der Waals surface area contributed by atoms with E-state index in [2.05, 4.69) is 12.6 Å². The number of hydrogen-bond acceptors (Lipinski definition) is 3.